The third-order valence-electron chi connectivity index (χ3n) is 5.22. The zero-order chi connectivity index (χ0) is 18.3. The van der Waals surface area contributed by atoms with Crippen LogP contribution in [0.2, 0.25) is 0 Å². The molecular weight excluding hydrogens is 336 g/mol. The summed E-state index contributed by atoms with van der Waals surface area (Å²) in [7, 11) is 0. The smallest absolute Gasteiger partial charge is 0.408 e. The van der Waals surface area contributed by atoms with Crippen molar-refractivity contribution < 1.29 is 14.0 Å². The molecule has 2 aromatic rings. The first-order valence-corrected chi connectivity index (χ1v) is 8.92. The average molecular weight is 358 g/mol. The fourth-order valence-corrected chi connectivity index (χ4v) is 3.75. The Labute approximate surface area is 150 Å². The molecule has 26 heavy (non-hydrogen) atoms. The Bertz CT molecular complexity index is 916. The molecule has 3 heterocycles. The molecule has 1 aromatic carbocycles. The van der Waals surface area contributed by atoms with E-state index in [1.807, 2.05) is 19.1 Å². The van der Waals surface area contributed by atoms with Crippen LogP contribution in [-0.4, -0.2) is 64.9 Å². The van der Waals surface area contributed by atoms with Crippen molar-refractivity contribution >= 4 is 22.9 Å². The van der Waals surface area contributed by atoms with E-state index < -0.39 is 5.76 Å². The van der Waals surface area contributed by atoms with E-state index in [4.69, 9.17) is 4.42 Å². The molecule has 0 aliphatic carbocycles. The van der Waals surface area contributed by atoms with Gasteiger partial charge in [0.2, 0.25) is 11.8 Å². The molecule has 2 amide bonds. The predicted molar refractivity (Wildman–Crippen MR) is 94.8 cm³/mol. The van der Waals surface area contributed by atoms with Gasteiger partial charge in [-0.05, 0) is 24.6 Å². The summed E-state index contributed by atoms with van der Waals surface area (Å²) in [6.45, 7) is 5.44. The van der Waals surface area contributed by atoms with E-state index in [1.165, 1.54) is 4.57 Å². The Hall–Kier alpha value is -2.61. The summed E-state index contributed by atoms with van der Waals surface area (Å²) in [6, 6.07) is 5.28. The van der Waals surface area contributed by atoms with E-state index in [-0.39, 0.29) is 30.8 Å². The van der Waals surface area contributed by atoms with Crippen LogP contribution < -0.4 is 11.1 Å². The number of fused-ring (bicyclic) bond motifs is 2. The molecule has 2 saturated heterocycles. The quantitative estimate of drug-likeness (QED) is 0.830. The number of nitrogens with one attached hydrogen (secondary N) is 1. The van der Waals surface area contributed by atoms with Crippen LogP contribution in [0.15, 0.2) is 27.4 Å². The Kier molecular flexibility index (Phi) is 4.28. The third kappa shape index (κ3) is 3.01. The fourth-order valence-electron chi connectivity index (χ4n) is 3.75. The lowest BCUT2D eigenvalue weighted by Gasteiger charge is -2.43. The molecule has 0 bridgehead atoms. The summed E-state index contributed by atoms with van der Waals surface area (Å²) in [5.74, 6) is -0.506. The second-order valence-corrected chi connectivity index (χ2v) is 6.92. The zero-order valence-corrected chi connectivity index (χ0v) is 14.7. The maximum Gasteiger partial charge on any atom is 0.419 e. The molecule has 2 aliphatic rings. The summed E-state index contributed by atoms with van der Waals surface area (Å²) < 4.78 is 6.74. The van der Waals surface area contributed by atoms with Gasteiger partial charge in [0.15, 0.2) is 5.58 Å². The van der Waals surface area contributed by atoms with Crippen LogP contribution in [0, 0.1) is 6.92 Å². The monoisotopic (exact) mass is 358 g/mol. The molecule has 2 aliphatic heterocycles. The van der Waals surface area contributed by atoms with Gasteiger partial charge in [0.05, 0.1) is 5.52 Å². The minimum Gasteiger partial charge on any atom is -0.408 e. The van der Waals surface area contributed by atoms with E-state index in [2.05, 4.69) is 10.2 Å². The van der Waals surface area contributed by atoms with E-state index in [1.54, 1.807) is 11.0 Å². The van der Waals surface area contributed by atoms with Crippen LogP contribution in [0.3, 0.4) is 0 Å². The van der Waals surface area contributed by atoms with Crippen molar-refractivity contribution in [2.75, 3.05) is 32.7 Å². The van der Waals surface area contributed by atoms with E-state index in [0.717, 1.165) is 12.1 Å². The Balaban J connectivity index is 1.44. The molecule has 1 N–H and O–H groups in total. The number of amides is 2. The maximum atomic E-state index is 12.6. The number of hydrogen-bond acceptors (Lipinski definition) is 5. The first-order chi connectivity index (χ1) is 12.5. The molecule has 138 valence electrons. The number of aryl methyl sites for hydroxylation is 2. The van der Waals surface area contributed by atoms with E-state index in [9.17, 15) is 14.4 Å². The minimum absolute atomic E-state index is 0.0127. The number of carbonyl (C=O) groups excluding carboxylic acids is 2. The number of aromatic nitrogens is 1. The molecule has 0 radical (unpaired) electrons. The van der Waals surface area contributed by atoms with Gasteiger partial charge in [0.25, 0.3) is 0 Å². The van der Waals surface area contributed by atoms with Gasteiger partial charge >= 0.3 is 5.76 Å². The first kappa shape index (κ1) is 16.8. The molecule has 8 nitrogen and oxygen atoms in total. The van der Waals surface area contributed by atoms with Crippen LogP contribution >= 0.6 is 0 Å². The Morgan fingerprint density at radius 1 is 1.27 bits per heavy atom. The zero-order valence-electron chi connectivity index (χ0n) is 14.7. The van der Waals surface area contributed by atoms with Crippen molar-refractivity contribution in [1.82, 2.24) is 19.7 Å². The van der Waals surface area contributed by atoms with Gasteiger partial charge in [-0.3, -0.25) is 19.1 Å². The molecule has 8 heteroatoms. The molecule has 0 spiro atoms. The van der Waals surface area contributed by atoms with Crippen molar-refractivity contribution in [2.45, 2.75) is 25.9 Å². The van der Waals surface area contributed by atoms with Crippen molar-refractivity contribution in [1.29, 1.82) is 0 Å². The SMILES string of the molecule is Cc1ccc2oc(=O)n(CCC(=O)N3CCN4CCNC(=O)[C@H]4C3)c2c1. The van der Waals surface area contributed by atoms with Gasteiger partial charge in [-0.2, -0.15) is 0 Å². The number of benzene rings is 1. The minimum atomic E-state index is -0.449. The molecule has 1 atom stereocenters. The molecule has 2 fully saturated rings. The molecule has 1 aromatic heterocycles. The van der Waals surface area contributed by atoms with Gasteiger partial charge in [0.1, 0.15) is 6.04 Å². The number of rotatable bonds is 3. The predicted octanol–water partition coefficient (Wildman–Crippen LogP) is -0.0644. The highest BCUT2D eigenvalue weighted by Crippen LogP contribution is 2.16. The van der Waals surface area contributed by atoms with Gasteiger partial charge in [0, 0.05) is 45.7 Å². The van der Waals surface area contributed by atoms with Crippen LogP contribution in [0.5, 0.6) is 0 Å². The van der Waals surface area contributed by atoms with Crippen molar-refractivity contribution in [3.8, 4) is 0 Å². The third-order valence-corrected chi connectivity index (χ3v) is 5.22. The first-order valence-electron chi connectivity index (χ1n) is 8.92. The lowest BCUT2D eigenvalue weighted by Crippen LogP contribution is -2.64. The largest absolute Gasteiger partial charge is 0.419 e. The summed E-state index contributed by atoms with van der Waals surface area (Å²) in [5.41, 5.74) is 2.26. The lowest BCUT2D eigenvalue weighted by atomic mass is 10.1. The Morgan fingerprint density at radius 3 is 2.96 bits per heavy atom. The highest BCUT2D eigenvalue weighted by atomic mass is 16.4. The number of nitrogens with zero attached hydrogens (tertiary/aromatic N) is 3. The average Bonchev–Trinajstić information content (AvgIpc) is 2.94. The van der Waals surface area contributed by atoms with Crippen LogP contribution in [0.25, 0.3) is 11.1 Å². The summed E-state index contributed by atoms with van der Waals surface area (Å²) in [6.07, 6.45) is 0.205. The number of piperazine rings is 2. The second-order valence-electron chi connectivity index (χ2n) is 6.92. The van der Waals surface area contributed by atoms with Gasteiger partial charge in [-0.1, -0.05) is 6.07 Å². The van der Waals surface area contributed by atoms with Crippen molar-refractivity contribution in [2.24, 2.45) is 0 Å². The lowest BCUT2D eigenvalue weighted by molar-refractivity contribution is -0.140. The standard InChI is InChI=1S/C18H22N4O4/c1-12-2-3-15-13(10-12)22(18(25)26-15)6-4-16(23)21-9-8-20-7-5-19-17(24)14(20)11-21/h2-3,10,14H,4-9,11H2,1H3,(H,19,24)/t14-/m1/s1. The highest BCUT2D eigenvalue weighted by Gasteiger charge is 2.36. The number of carbonyl (C=O) groups is 2. The van der Waals surface area contributed by atoms with Gasteiger partial charge < -0.3 is 14.6 Å². The van der Waals surface area contributed by atoms with Gasteiger partial charge in [-0.25, -0.2) is 4.79 Å². The fraction of sp³-hybridized carbons (Fsp3) is 0.500. The molecule has 0 saturated carbocycles. The molecular formula is C18H22N4O4. The maximum absolute atomic E-state index is 12.6. The topological polar surface area (TPSA) is 87.8 Å². The highest BCUT2D eigenvalue weighted by molar-refractivity contribution is 5.84. The number of hydrogen-bond donors (Lipinski definition) is 1. The second kappa shape index (κ2) is 6.60. The summed E-state index contributed by atoms with van der Waals surface area (Å²) >= 11 is 0. The van der Waals surface area contributed by atoms with E-state index >= 15 is 0 Å². The van der Waals surface area contributed by atoms with Crippen LogP contribution in [0.1, 0.15) is 12.0 Å². The van der Waals surface area contributed by atoms with E-state index in [0.29, 0.717) is 37.3 Å². The molecule has 0 unspecified atom stereocenters. The van der Waals surface area contributed by atoms with Gasteiger partial charge in [-0.15, -0.1) is 0 Å². The Morgan fingerprint density at radius 2 is 2.12 bits per heavy atom. The van der Waals surface area contributed by atoms with Crippen LogP contribution in [0.4, 0.5) is 0 Å². The summed E-state index contributed by atoms with van der Waals surface area (Å²) in [5, 5.41) is 2.85. The van der Waals surface area contributed by atoms with Crippen molar-refractivity contribution in [3.05, 3.63) is 34.3 Å². The normalized spacial score (nSPS) is 20.9. The molecule has 4 rings (SSSR count). The number of oxazole rings is 1. The van der Waals surface area contributed by atoms with Crippen molar-refractivity contribution in [3.63, 3.8) is 0 Å². The van der Waals surface area contributed by atoms with Crippen LogP contribution in [-0.2, 0) is 16.1 Å². The summed E-state index contributed by atoms with van der Waals surface area (Å²) in [4.78, 5) is 40.6.